The molecule has 0 bridgehead atoms. The number of methoxy groups -OCH3 is 1. The molecule has 1 N–H and O–H groups in total. The maximum atomic E-state index is 11.7. The average Bonchev–Trinajstić information content (AvgIpc) is 2.74. The Bertz CT molecular complexity index is 488. The van der Waals surface area contributed by atoms with Crippen LogP contribution in [0.25, 0.3) is 0 Å². The molecule has 202 valence electrons. The van der Waals surface area contributed by atoms with Gasteiger partial charge in [-0.15, -0.1) is 0 Å². The fourth-order valence-electron chi connectivity index (χ4n) is 1.93. The molecular weight excluding hydrogens is 674 g/mol. The lowest BCUT2D eigenvalue weighted by atomic mass is 9.89. The van der Waals surface area contributed by atoms with E-state index in [1.165, 1.54) is 0 Å². The Labute approximate surface area is 233 Å². The molecule has 1 amide bonds. The van der Waals surface area contributed by atoms with Crippen LogP contribution in [-0.4, -0.2) is 84.1 Å². The number of nitrogens with zero attached hydrogens (tertiary/aromatic N) is 1. The first-order valence-electron chi connectivity index (χ1n) is 11.2. The third-order valence-electron chi connectivity index (χ3n) is 5.12. The molecule has 0 atom stereocenters. The van der Waals surface area contributed by atoms with Crippen molar-refractivity contribution in [3.8, 4) is 0 Å². The van der Waals surface area contributed by atoms with E-state index in [-0.39, 0.29) is 29.7 Å². The molecule has 0 spiro atoms. The predicted octanol–water partition coefficient (Wildman–Crippen LogP) is 2.04. The van der Waals surface area contributed by atoms with Crippen molar-refractivity contribution in [2.75, 3.05) is 67.8 Å². The number of amides is 1. The minimum Gasteiger partial charge on any atom is -1.00 e. The molecule has 0 heterocycles. The van der Waals surface area contributed by atoms with E-state index < -0.39 is 5.41 Å². The number of hydrogen-bond acceptors (Lipinski definition) is 5. The van der Waals surface area contributed by atoms with Crippen molar-refractivity contribution in [1.82, 2.24) is 5.32 Å². The Hall–Kier alpha value is 0.570. The van der Waals surface area contributed by atoms with Crippen molar-refractivity contribution in [3.63, 3.8) is 0 Å². The number of halogens is 3. The molecular formula is C23H49ClI2N2O5. The number of ether oxygens (including phenoxy) is 3. The third-order valence-corrected chi connectivity index (χ3v) is 5.12. The Morgan fingerprint density at radius 2 is 1.36 bits per heavy atom. The fraction of sp³-hybridized carbons (Fsp3) is 0.913. The summed E-state index contributed by atoms with van der Waals surface area (Å²) in [4.78, 5) is 23.2. The second kappa shape index (κ2) is 23.0. The molecule has 0 radical (unpaired) electrons. The third kappa shape index (κ3) is 25.5. The van der Waals surface area contributed by atoms with Gasteiger partial charge in [-0.05, 0) is 26.7 Å². The first-order chi connectivity index (χ1) is 14.7. The van der Waals surface area contributed by atoms with Crippen LogP contribution in [0.1, 0.15) is 60.8 Å². The highest BCUT2D eigenvalue weighted by molar-refractivity contribution is 15.0. The monoisotopic (exact) mass is 722 g/mol. The zero-order valence-electron chi connectivity index (χ0n) is 22.5. The molecule has 10 heteroatoms. The van der Waals surface area contributed by atoms with Gasteiger partial charge in [0, 0.05) is 62.7 Å². The number of carbonyl (C=O) groups is 2. The molecule has 0 fully saturated rings. The molecule has 7 nitrogen and oxygen atoms in total. The van der Waals surface area contributed by atoms with Gasteiger partial charge in [-0.1, -0.05) is 27.7 Å². The summed E-state index contributed by atoms with van der Waals surface area (Å²) < 4.78 is 16.0. The van der Waals surface area contributed by atoms with E-state index in [2.05, 4.69) is 63.7 Å². The van der Waals surface area contributed by atoms with Gasteiger partial charge in [0.1, 0.15) is 6.61 Å². The van der Waals surface area contributed by atoms with Crippen LogP contribution in [0.5, 0.6) is 0 Å². The van der Waals surface area contributed by atoms with Gasteiger partial charge in [0.05, 0.1) is 52.9 Å². The fourth-order valence-corrected chi connectivity index (χ4v) is 1.93. The molecule has 0 saturated carbocycles. The smallest absolute Gasteiger partial charge is 0.311 e. The lowest BCUT2D eigenvalue weighted by molar-refractivity contribution is -0.870. The van der Waals surface area contributed by atoms with Gasteiger partial charge < -0.3 is 36.4 Å². The first kappa shape index (κ1) is 40.7. The molecule has 0 aromatic carbocycles. The van der Waals surface area contributed by atoms with E-state index in [0.29, 0.717) is 26.4 Å². The first-order valence-corrected chi connectivity index (χ1v) is 17.5. The summed E-state index contributed by atoms with van der Waals surface area (Å²) in [5, 5.41) is 3.00. The molecule has 0 unspecified atom stereocenters. The Balaban J connectivity index is -0.000000230. The topological polar surface area (TPSA) is 73.9 Å². The van der Waals surface area contributed by atoms with Crippen molar-refractivity contribution in [2.24, 2.45) is 10.8 Å². The number of carbonyl (C=O) groups excluding carboxylic acids is 2. The molecule has 33 heavy (non-hydrogen) atoms. The average molecular weight is 723 g/mol. The summed E-state index contributed by atoms with van der Waals surface area (Å²) in [5.74, 6) is 0.00625. The lowest BCUT2D eigenvalue weighted by Crippen LogP contribution is -3.00. The van der Waals surface area contributed by atoms with Crippen molar-refractivity contribution in [1.29, 1.82) is 0 Å². The summed E-state index contributed by atoms with van der Waals surface area (Å²) >= 11 is 4.24. The van der Waals surface area contributed by atoms with E-state index in [0.717, 1.165) is 36.8 Å². The van der Waals surface area contributed by atoms with Crippen molar-refractivity contribution < 1.29 is 40.7 Å². The molecule has 0 aliphatic rings. The van der Waals surface area contributed by atoms with Crippen LogP contribution in [0.2, 0.25) is 0 Å². The van der Waals surface area contributed by atoms with Crippen molar-refractivity contribution in [2.45, 2.75) is 60.8 Å². The van der Waals surface area contributed by atoms with Gasteiger partial charge in [-0.2, -0.15) is 0 Å². The highest BCUT2D eigenvalue weighted by Gasteiger charge is 2.26. The second-order valence-corrected chi connectivity index (χ2v) is 9.84. The van der Waals surface area contributed by atoms with E-state index >= 15 is 0 Å². The zero-order valence-corrected chi connectivity index (χ0v) is 27.6. The maximum absolute atomic E-state index is 11.7. The minimum atomic E-state index is -0.396. The quantitative estimate of drug-likeness (QED) is 0.129. The van der Waals surface area contributed by atoms with E-state index in [9.17, 15) is 9.59 Å². The highest BCUT2D eigenvalue weighted by atomic mass is 128. The van der Waals surface area contributed by atoms with Crippen LogP contribution in [0, 0.1) is 10.8 Å². The normalized spacial score (nSPS) is 11.2. The van der Waals surface area contributed by atoms with Crippen LogP contribution in [-0.2, 0) is 23.8 Å². The molecule has 0 aromatic rings. The summed E-state index contributed by atoms with van der Waals surface area (Å²) in [7, 11) is 8.11. The lowest BCUT2D eigenvalue weighted by Gasteiger charge is -2.25. The highest BCUT2D eigenvalue weighted by Crippen LogP contribution is 2.21. The summed E-state index contributed by atoms with van der Waals surface area (Å²) in [5.41, 5.74) is -0.622. The summed E-state index contributed by atoms with van der Waals surface area (Å²) in [6.07, 6.45) is 2.69. The van der Waals surface area contributed by atoms with E-state index in [4.69, 9.17) is 14.2 Å². The van der Waals surface area contributed by atoms with Crippen LogP contribution in [0.3, 0.4) is 0 Å². The standard InChI is InChI=1S/C12H26N2O.C11H22O4.ClH.I2/c1-7-12(2,3)11(15)13-9-8-10-14(4,5)6;1-5-11(2,3)10(12)15-9-8-14-7-6-13-4;;1-2/h7-10H2,1-6H3;5-9H2,1-4H3;1H;. The number of nitrogens with one attached hydrogen (secondary N) is 1. The van der Waals surface area contributed by atoms with Crippen LogP contribution >= 0.6 is 37.2 Å². The molecule has 0 aliphatic heterocycles. The van der Waals surface area contributed by atoms with Gasteiger partial charge in [-0.3, -0.25) is 9.59 Å². The SMILES string of the molecule is CCC(C)(C)C(=O)NCCC[N+](C)(C)C.CCC(C)(C)C(=O)OCCOCCOC.II.[Cl-]. The molecule has 0 aliphatic carbocycles. The van der Waals surface area contributed by atoms with Crippen LogP contribution < -0.4 is 17.7 Å². The Kier molecular flexibility index (Phi) is 28.4. The van der Waals surface area contributed by atoms with E-state index in [1.54, 1.807) is 7.11 Å². The second-order valence-electron chi connectivity index (χ2n) is 9.84. The van der Waals surface area contributed by atoms with Gasteiger partial charge >= 0.3 is 5.97 Å². The predicted molar refractivity (Wildman–Crippen MR) is 150 cm³/mol. The largest absolute Gasteiger partial charge is 1.00 e. The van der Waals surface area contributed by atoms with E-state index in [1.807, 2.05) is 41.5 Å². The molecule has 0 rings (SSSR count). The Morgan fingerprint density at radius 3 is 1.79 bits per heavy atom. The number of quaternary nitrogens is 1. The van der Waals surface area contributed by atoms with Gasteiger partial charge in [0.2, 0.25) is 5.91 Å². The van der Waals surface area contributed by atoms with Gasteiger partial charge in [-0.25, -0.2) is 0 Å². The zero-order chi connectivity index (χ0) is 25.8. The minimum absolute atomic E-state index is 0. The van der Waals surface area contributed by atoms with Crippen LogP contribution in [0.4, 0.5) is 0 Å². The number of hydrogen-bond donors (Lipinski definition) is 1. The van der Waals surface area contributed by atoms with Crippen molar-refractivity contribution >= 4 is 49.1 Å². The van der Waals surface area contributed by atoms with Gasteiger partial charge in [0.25, 0.3) is 0 Å². The molecule has 0 aromatic heterocycles. The Morgan fingerprint density at radius 1 is 0.879 bits per heavy atom. The maximum Gasteiger partial charge on any atom is 0.311 e. The summed E-state index contributed by atoms with van der Waals surface area (Å²) in [6, 6.07) is 0. The number of rotatable bonds is 14. The van der Waals surface area contributed by atoms with Gasteiger partial charge in [0.15, 0.2) is 0 Å². The molecule has 0 saturated heterocycles. The van der Waals surface area contributed by atoms with Crippen LogP contribution in [0.15, 0.2) is 0 Å². The number of esters is 1. The van der Waals surface area contributed by atoms with Crippen molar-refractivity contribution in [3.05, 3.63) is 0 Å². The summed E-state index contributed by atoms with van der Waals surface area (Å²) in [6.45, 7) is 15.5.